The third kappa shape index (κ3) is 1.60. The van der Waals surface area contributed by atoms with Crippen molar-refractivity contribution >= 4 is 11.8 Å². The summed E-state index contributed by atoms with van der Waals surface area (Å²) < 4.78 is 1.74. The topological polar surface area (TPSA) is 30.7 Å². The van der Waals surface area contributed by atoms with Gasteiger partial charge in [-0.05, 0) is 0 Å². The van der Waals surface area contributed by atoms with E-state index in [0.29, 0.717) is 0 Å². The number of thioether (sulfide) groups is 1. The molecule has 0 aliphatic carbocycles. The molecule has 0 aliphatic heterocycles. The van der Waals surface area contributed by atoms with Crippen LogP contribution in [-0.2, 0) is 7.05 Å². The fraction of sp³-hybridized carbons (Fsp3) is 0.333. The van der Waals surface area contributed by atoms with Crippen LogP contribution in [0.2, 0.25) is 0 Å². The smallest absolute Gasteiger partial charge is 0.186 e. The second-order valence-corrected chi connectivity index (χ2v) is 2.75. The number of aryl methyl sites for hydroxylation is 1. The number of nitrogens with zero attached hydrogens (tertiary/aromatic N) is 3. The Labute approximate surface area is 64.2 Å². The molecule has 3 nitrogen and oxygen atoms in total. The SMILES string of the molecule is C=CCSc1ncnn1C. The fourth-order valence-corrected chi connectivity index (χ4v) is 1.17. The fourth-order valence-electron chi connectivity index (χ4n) is 0.550. The van der Waals surface area contributed by atoms with E-state index in [9.17, 15) is 0 Å². The van der Waals surface area contributed by atoms with E-state index in [1.54, 1.807) is 22.8 Å². The van der Waals surface area contributed by atoms with Crippen molar-refractivity contribution in [2.24, 2.45) is 7.05 Å². The molecular formula is C6H9N3S. The van der Waals surface area contributed by atoms with Gasteiger partial charge in [0.05, 0.1) is 0 Å². The summed E-state index contributed by atoms with van der Waals surface area (Å²) in [5, 5.41) is 4.85. The molecule has 0 bridgehead atoms. The maximum Gasteiger partial charge on any atom is 0.186 e. The van der Waals surface area contributed by atoms with Crippen molar-refractivity contribution < 1.29 is 0 Å². The van der Waals surface area contributed by atoms with Crippen molar-refractivity contribution in [2.75, 3.05) is 5.75 Å². The number of hydrogen-bond acceptors (Lipinski definition) is 3. The third-order valence-corrected chi connectivity index (χ3v) is 2.03. The molecule has 1 aromatic rings. The summed E-state index contributed by atoms with van der Waals surface area (Å²) >= 11 is 1.62. The van der Waals surface area contributed by atoms with Crippen molar-refractivity contribution in [2.45, 2.75) is 5.16 Å². The average Bonchev–Trinajstić information content (AvgIpc) is 2.31. The van der Waals surface area contributed by atoms with E-state index in [-0.39, 0.29) is 0 Å². The van der Waals surface area contributed by atoms with Crippen LogP contribution >= 0.6 is 11.8 Å². The van der Waals surface area contributed by atoms with Gasteiger partial charge < -0.3 is 0 Å². The van der Waals surface area contributed by atoms with Crippen LogP contribution in [0.3, 0.4) is 0 Å². The molecule has 0 saturated heterocycles. The van der Waals surface area contributed by atoms with Crippen LogP contribution in [-0.4, -0.2) is 20.5 Å². The van der Waals surface area contributed by atoms with Gasteiger partial charge in [-0.2, -0.15) is 5.10 Å². The van der Waals surface area contributed by atoms with Crippen molar-refractivity contribution in [1.82, 2.24) is 14.8 Å². The highest BCUT2D eigenvalue weighted by Gasteiger charge is 1.96. The van der Waals surface area contributed by atoms with Crippen LogP contribution in [0.5, 0.6) is 0 Å². The van der Waals surface area contributed by atoms with Crippen LogP contribution in [0.4, 0.5) is 0 Å². The minimum absolute atomic E-state index is 0.881. The molecule has 0 unspecified atom stereocenters. The molecule has 0 fully saturated rings. The minimum atomic E-state index is 0.881. The van der Waals surface area contributed by atoms with Gasteiger partial charge in [0.15, 0.2) is 5.16 Å². The Bertz CT molecular complexity index is 219. The first-order chi connectivity index (χ1) is 4.84. The molecule has 0 N–H and O–H groups in total. The van der Waals surface area contributed by atoms with E-state index in [0.717, 1.165) is 10.9 Å². The van der Waals surface area contributed by atoms with Gasteiger partial charge in [-0.25, -0.2) is 9.67 Å². The normalized spacial score (nSPS) is 9.70. The number of hydrogen-bond donors (Lipinski definition) is 0. The van der Waals surface area contributed by atoms with Gasteiger partial charge in [0.1, 0.15) is 6.33 Å². The summed E-state index contributed by atoms with van der Waals surface area (Å²) in [6.45, 7) is 3.61. The molecule has 0 aromatic carbocycles. The minimum Gasteiger partial charge on any atom is -0.244 e. The predicted octanol–water partition coefficient (Wildman–Crippen LogP) is 1.09. The lowest BCUT2D eigenvalue weighted by atomic mass is 10.8. The van der Waals surface area contributed by atoms with Crippen molar-refractivity contribution in [3.63, 3.8) is 0 Å². The van der Waals surface area contributed by atoms with Gasteiger partial charge in [-0.3, -0.25) is 0 Å². The summed E-state index contributed by atoms with van der Waals surface area (Å²) in [6.07, 6.45) is 3.39. The van der Waals surface area contributed by atoms with Gasteiger partial charge in [0, 0.05) is 12.8 Å². The van der Waals surface area contributed by atoms with E-state index in [2.05, 4.69) is 16.7 Å². The predicted molar refractivity (Wildman–Crippen MR) is 41.9 cm³/mol. The average molecular weight is 155 g/mol. The first kappa shape index (κ1) is 7.34. The molecule has 54 valence electrons. The molecule has 0 saturated carbocycles. The second-order valence-electron chi connectivity index (χ2n) is 1.77. The Kier molecular flexibility index (Phi) is 2.50. The van der Waals surface area contributed by atoms with Crippen LogP contribution in [0.25, 0.3) is 0 Å². The highest BCUT2D eigenvalue weighted by atomic mass is 32.2. The Balaban J connectivity index is 2.56. The summed E-state index contributed by atoms with van der Waals surface area (Å²) in [5.74, 6) is 0.881. The quantitative estimate of drug-likeness (QED) is 0.483. The molecular weight excluding hydrogens is 146 g/mol. The molecule has 0 spiro atoms. The maximum absolute atomic E-state index is 4.02. The van der Waals surface area contributed by atoms with Crippen LogP contribution in [0.1, 0.15) is 0 Å². The Morgan fingerprint density at radius 2 is 2.70 bits per heavy atom. The van der Waals surface area contributed by atoms with Gasteiger partial charge in [0.2, 0.25) is 0 Å². The largest absolute Gasteiger partial charge is 0.244 e. The lowest BCUT2D eigenvalue weighted by Gasteiger charge is -1.93. The molecule has 0 amide bonds. The van der Waals surface area contributed by atoms with Crippen LogP contribution in [0, 0.1) is 0 Å². The first-order valence-electron chi connectivity index (χ1n) is 2.92. The summed E-state index contributed by atoms with van der Waals surface area (Å²) in [6, 6.07) is 0. The zero-order valence-electron chi connectivity index (χ0n) is 5.82. The Morgan fingerprint density at radius 1 is 1.90 bits per heavy atom. The van der Waals surface area contributed by atoms with E-state index < -0.39 is 0 Å². The molecule has 4 heteroatoms. The van der Waals surface area contributed by atoms with Gasteiger partial charge in [0.25, 0.3) is 0 Å². The molecule has 0 atom stereocenters. The third-order valence-electron chi connectivity index (χ3n) is 1.00. The van der Waals surface area contributed by atoms with Gasteiger partial charge in [-0.15, -0.1) is 6.58 Å². The summed E-state index contributed by atoms with van der Waals surface area (Å²) in [7, 11) is 1.87. The highest BCUT2D eigenvalue weighted by molar-refractivity contribution is 7.99. The van der Waals surface area contributed by atoms with E-state index in [1.165, 1.54) is 0 Å². The first-order valence-corrected chi connectivity index (χ1v) is 3.91. The Morgan fingerprint density at radius 3 is 3.20 bits per heavy atom. The van der Waals surface area contributed by atoms with Crippen molar-refractivity contribution in [3.05, 3.63) is 19.0 Å². The van der Waals surface area contributed by atoms with Crippen molar-refractivity contribution in [3.8, 4) is 0 Å². The Hall–Kier alpha value is -0.770. The maximum atomic E-state index is 4.02. The molecule has 1 heterocycles. The zero-order valence-corrected chi connectivity index (χ0v) is 6.64. The number of aromatic nitrogens is 3. The molecule has 0 aliphatic rings. The van der Waals surface area contributed by atoms with Gasteiger partial charge in [-0.1, -0.05) is 17.8 Å². The molecule has 1 aromatic heterocycles. The number of rotatable bonds is 3. The van der Waals surface area contributed by atoms with Gasteiger partial charge >= 0.3 is 0 Å². The second kappa shape index (κ2) is 3.41. The van der Waals surface area contributed by atoms with Crippen LogP contribution in [0.15, 0.2) is 24.1 Å². The molecule has 1 rings (SSSR count). The van der Waals surface area contributed by atoms with Crippen molar-refractivity contribution in [1.29, 1.82) is 0 Å². The molecule has 0 radical (unpaired) electrons. The summed E-state index contributed by atoms with van der Waals surface area (Å²) in [5.41, 5.74) is 0. The van der Waals surface area contributed by atoms with E-state index in [4.69, 9.17) is 0 Å². The lowest BCUT2D eigenvalue weighted by molar-refractivity contribution is 0.685. The monoisotopic (exact) mass is 155 g/mol. The standard InChI is InChI=1S/C6H9N3S/c1-3-4-10-6-7-5-8-9(6)2/h3,5H,1,4H2,2H3. The molecule has 10 heavy (non-hydrogen) atoms. The van der Waals surface area contributed by atoms with E-state index in [1.807, 2.05) is 13.1 Å². The zero-order chi connectivity index (χ0) is 7.40. The lowest BCUT2D eigenvalue weighted by Crippen LogP contribution is -1.92. The summed E-state index contributed by atoms with van der Waals surface area (Å²) in [4.78, 5) is 4.02. The van der Waals surface area contributed by atoms with E-state index >= 15 is 0 Å². The highest BCUT2D eigenvalue weighted by Crippen LogP contribution is 2.11. The van der Waals surface area contributed by atoms with Crippen LogP contribution < -0.4 is 0 Å².